The maximum atomic E-state index is 10.6. The van der Waals surface area contributed by atoms with Crippen molar-refractivity contribution in [2.75, 3.05) is 0 Å². The minimum Gasteiger partial charge on any atom is -0.382 e. The highest BCUT2D eigenvalue weighted by atomic mass is 16.3. The standard InChI is InChI=1S/C18H25NO.H3N/c1-3-5-14-19-16(9-4-2)12-13-17(19)18(20)15-10-7-6-8-11-15;/h6-8,10-13,18,20H,3-5,9,14H2,1-2H3;1H3. The maximum Gasteiger partial charge on any atom is 0.119 e. The van der Waals surface area contributed by atoms with Crippen LogP contribution >= 0.6 is 0 Å². The van der Waals surface area contributed by atoms with Crippen LogP contribution in [0, 0.1) is 0 Å². The first kappa shape index (κ1) is 17.5. The highest BCUT2D eigenvalue weighted by Crippen LogP contribution is 2.25. The van der Waals surface area contributed by atoms with E-state index in [1.807, 2.05) is 30.3 Å². The van der Waals surface area contributed by atoms with Gasteiger partial charge in [0, 0.05) is 12.2 Å². The second-order valence-electron chi connectivity index (χ2n) is 5.32. The van der Waals surface area contributed by atoms with Crippen LogP contribution in [0.5, 0.6) is 0 Å². The van der Waals surface area contributed by atoms with Gasteiger partial charge >= 0.3 is 0 Å². The van der Waals surface area contributed by atoms with Crippen molar-refractivity contribution in [1.82, 2.24) is 10.7 Å². The normalized spacial score (nSPS) is 12.0. The number of nitrogens with zero attached hydrogens (tertiary/aromatic N) is 1. The zero-order valence-corrected chi connectivity index (χ0v) is 13.3. The Labute approximate surface area is 128 Å². The summed E-state index contributed by atoms with van der Waals surface area (Å²) in [5.41, 5.74) is 3.32. The number of aliphatic hydroxyl groups excluding tert-OH is 1. The predicted molar refractivity (Wildman–Crippen MR) is 88.9 cm³/mol. The molecular weight excluding hydrogens is 260 g/mol. The molecule has 0 amide bonds. The Hall–Kier alpha value is -1.58. The molecule has 0 aliphatic rings. The van der Waals surface area contributed by atoms with Crippen molar-refractivity contribution in [3.8, 4) is 0 Å². The van der Waals surface area contributed by atoms with Crippen molar-refractivity contribution in [3.05, 3.63) is 59.4 Å². The van der Waals surface area contributed by atoms with Gasteiger partial charge in [0.15, 0.2) is 0 Å². The first-order chi connectivity index (χ1) is 9.77. The highest BCUT2D eigenvalue weighted by molar-refractivity contribution is 5.29. The summed E-state index contributed by atoms with van der Waals surface area (Å²) >= 11 is 0. The molecule has 0 aliphatic heterocycles. The Kier molecular flexibility index (Phi) is 7.20. The molecule has 0 aliphatic carbocycles. The largest absolute Gasteiger partial charge is 0.382 e. The van der Waals surface area contributed by atoms with Gasteiger partial charge in [-0.3, -0.25) is 0 Å². The molecule has 4 N–H and O–H groups in total. The van der Waals surface area contributed by atoms with Gasteiger partial charge in [-0.15, -0.1) is 0 Å². The molecule has 1 aromatic carbocycles. The Balaban J connectivity index is 0.00000220. The Morgan fingerprint density at radius 1 is 1.00 bits per heavy atom. The van der Waals surface area contributed by atoms with E-state index in [9.17, 15) is 5.11 Å². The predicted octanol–water partition coefficient (Wildman–Crippen LogP) is 4.48. The molecular formula is C18H28N2O. The quantitative estimate of drug-likeness (QED) is 0.789. The first-order valence-corrected chi connectivity index (χ1v) is 7.69. The monoisotopic (exact) mass is 288 g/mol. The van der Waals surface area contributed by atoms with Crippen molar-refractivity contribution in [3.63, 3.8) is 0 Å². The molecule has 3 nitrogen and oxygen atoms in total. The van der Waals surface area contributed by atoms with E-state index in [-0.39, 0.29) is 6.15 Å². The number of hydrogen-bond donors (Lipinski definition) is 2. The van der Waals surface area contributed by atoms with E-state index in [4.69, 9.17) is 0 Å². The van der Waals surface area contributed by atoms with Gasteiger partial charge in [-0.05, 0) is 30.5 Å². The van der Waals surface area contributed by atoms with Crippen molar-refractivity contribution in [2.24, 2.45) is 0 Å². The number of aliphatic hydroxyl groups is 1. The molecule has 0 fully saturated rings. The minimum atomic E-state index is -0.529. The highest BCUT2D eigenvalue weighted by Gasteiger charge is 2.16. The lowest BCUT2D eigenvalue weighted by atomic mass is 10.1. The van der Waals surface area contributed by atoms with Crippen LogP contribution in [0.2, 0.25) is 0 Å². The summed E-state index contributed by atoms with van der Waals surface area (Å²) in [7, 11) is 0. The van der Waals surface area contributed by atoms with Gasteiger partial charge in [-0.2, -0.15) is 0 Å². The van der Waals surface area contributed by atoms with E-state index in [1.54, 1.807) is 0 Å². The molecule has 2 aromatic rings. The van der Waals surface area contributed by atoms with Crippen LogP contribution in [0.25, 0.3) is 0 Å². The molecule has 1 unspecified atom stereocenters. The summed E-state index contributed by atoms with van der Waals surface area (Å²) in [6.07, 6.45) is 4.01. The molecule has 1 atom stereocenters. The van der Waals surface area contributed by atoms with Crippen LogP contribution < -0.4 is 6.15 Å². The Morgan fingerprint density at radius 3 is 2.33 bits per heavy atom. The second-order valence-corrected chi connectivity index (χ2v) is 5.32. The number of aromatic nitrogens is 1. The van der Waals surface area contributed by atoms with Gasteiger partial charge in [-0.1, -0.05) is 57.0 Å². The van der Waals surface area contributed by atoms with E-state index in [0.29, 0.717) is 0 Å². The second kappa shape index (κ2) is 8.65. The minimum absolute atomic E-state index is 0. The molecule has 116 valence electrons. The van der Waals surface area contributed by atoms with Crippen molar-refractivity contribution in [2.45, 2.75) is 52.2 Å². The topological polar surface area (TPSA) is 60.2 Å². The van der Waals surface area contributed by atoms with Crippen LogP contribution in [-0.4, -0.2) is 9.67 Å². The first-order valence-electron chi connectivity index (χ1n) is 7.69. The Morgan fingerprint density at radius 2 is 1.71 bits per heavy atom. The van der Waals surface area contributed by atoms with E-state index >= 15 is 0 Å². The summed E-state index contributed by atoms with van der Waals surface area (Å²) in [5.74, 6) is 0. The molecule has 1 heterocycles. The van der Waals surface area contributed by atoms with E-state index < -0.39 is 6.10 Å². The average Bonchev–Trinajstić information content (AvgIpc) is 2.88. The molecule has 1 aromatic heterocycles. The van der Waals surface area contributed by atoms with Crippen LogP contribution in [0.15, 0.2) is 42.5 Å². The lowest BCUT2D eigenvalue weighted by Gasteiger charge is -2.17. The van der Waals surface area contributed by atoms with Gasteiger partial charge in [0.25, 0.3) is 0 Å². The number of rotatable bonds is 7. The van der Waals surface area contributed by atoms with Crippen molar-refractivity contribution < 1.29 is 5.11 Å². The van der Waals surface area contributed by atoms with Crippen LogP contribution in [0.1, 0.15) is 56.2 Å². The Bertz CT molecular complexity index is 519. The van der Waals surface area contributed by atoms with Gasteiger partial charge < -0.3 is 15.8 Å². The molecule has 0 saturated heterocycles. The molecule has 0 spiro atoms. The third-order valence-electron chi connectivity index (χ3n) is 3.74. The summed E-state index contributed by atoms with van der Waals surface area (Å²) in [4.78, 5) is 0. The summed E-state index contributed by atoms with van der Waals surface area (Å²) in [6.45, 7) is 5.40. The number of benzene rings is 1. The average molecular weight is 288 g/mol. The van der Waals surface area contributed by atoms with Gasteiger partial charge in [-0.25, -0.2) is 0 Å². The van der Waals surface area contributed by atoms with Gasteiger partial charge in [0.1, 0.15) is 6.10 Å². The molecule has 0 saturated carbocycles. The van der Waals surface area contributed by atoms with Crippen molar-refractivity contribution in [1.29, 1.82) is 0 Å². The van der Waals surface area contributed by atoms with Crippen LogP contribution in [-0.2, 0) is 13.0 Å². The van der Waals surface area contributed by atoms with Crippen LogP contribution in [0.3, 0.4) is 0 Å². The zero-order valence-electron chi connectivity index (χ0n) is 13.3. The maximum absolute atomic E-state index is 10.6. The number of unbranched alkanes of at least 4 members (excludes halogenated alkanes) is 1. The lowest BCUT2D eigenvalue weighted by Crippen LogP contribution is -2.11. The number of aryl methyl sites for hydroxylation is 1. The van der Waals surface area contributed by atoms with Gasteiger partial charge in [0.05, 0.1) is 5.69 Å². The molecule has 21 heavy (non-hydrogen) atoms. The van der Waals surface area contributed by atoms with E-state index in [2.05, 4.69) is 30.5 Å². The fourth-order valence-corrected chi connectivity index (χ4v) is 2.64. The lowest BCUT2D eigenvalue weighted by molar-refractivity contribution is 0.209. The van der Waals surface area contributed by atoms with Crippen LogP contribution in [0.4, 0.5) is 0 Å². The molecule has 0 radical (unpaired) electrons. The SMILES string of the molecule is CCCCn1c(CCC)ccc1C(O)c1ccccc1.N. The fraction of sp³-hybridized carbons (Fsp3) is 0.444. The summed E-state index contributed by atoms with van der Waals surface area (Å²) < 4.78 is 2.31. The van der Waals surface area contributed by atoms with Crippen molar-refractivity contribution >= 4 is 0 Å². The summed E-state index contributed by atoms with van der Waals surface area (Å²) in [5, 5.41) is 10.6. The number of hydrogen-bond acceptors (Lipinski definition) is 2. The fourth-order valence-electron chi connectivity index (χ4n) is 2.64. The molecule has 0 bridgehead atoms. The van der Waals surface area contributed by atoms with E-state index in [1.165, 1.54) is 12.1 Å². The third-order valence-corrected chi connectivity index (χ3v) is 3.74. The molecule has 2 rings (SSSR count). The molecule has 3 heteroatoms. The summed E-state index contributed by atoms with van der Waals surface area (Å²) in [6, 6.07) is 14.2. The smallest absolute Gasteiger partial charge is 0.119 e. The van der Waals surface area contributed by atoms with E-state index in [0.717, 1.165) is 37.1 Å². The van der Waals surface area contributed by atoms with Gasteiger partial charge in [0.2, 0.25) is 0 Å². The third kappa shape index (κ3) is 4.19. The zero-order chi connectivity index (χ0) is 14.4.